The van der Waals surface area contributed by atoms with Crippen LogP contribution in [0, 0.1) is 0 Å². The van der Waals surface area contributed by atoms with Gasteiger partial charge < -0.3 is 9.66 Å². The number of nitrogens with zero attached hydrogens (tertiary/aromatic N) is 3. The van der Waals surface area contributed by atoms with E-state index in [0.717, 1.165) is 17.1 Å². The molecule has 20 heavy (non-hydrogen) atoms. The first-order chi connectivity index (χ1) is 9.50. The molecule has 1 N–H and O–H groups in total. The van der Waals surface area contributed by atoms with Crippen molar-refractivity contribution in [2.45, 2.75) is 13.0 Å². The molecular weight excluding hydrogens is 302 g/mol. The van der Waals surface area contributed by atoms with Gasteiger partial charge in [0.15, 0.2) is 5.82 Å². The zero-order valence-corrected chi connectivity index (χ0v) is 11.9. The predicted molar refractivity (Wildman–Crippen MR) is 73.8 cm³/mol. The Morgan fingerprint density at radius 2 is 2.10 bits per heavy atom. The van der Waals surface area contributed by atoms with Crippen molar-refractivity contribution < 1.29 is 18.7 Å². The van der Waals surface area contributed by atoms with Crippen LogP contribution in [0.1, 0.15) is 6.92 Å². The summed E-state index contributed by atoms with van der Waals surface area (Å²) in [5.74, 6) is -0.899. The average Bonchev–Trinajstić information content (AvgIpc) is 2.88. The minimum absolute atomic E-state index is 0.0205. The van der Waals surface area contributed by atoms with Crippen LogP contribution in [0.3, 0.4) is 0 Å². The summed E-state index contributed by atoms with van der Waals surface area (Å²) >= 11 is -1.90. The fourth-order valence-corrected chi connectivity index (χ4v) is 2.95. The predicted octanol–water partition coefficient (Wildman–Crippen LogP) is 1.28. The summed E-state index contributed by atoms with van der Waals surface area (Å²) in [5, 5.41) is 8.95. The number of hydrogen-bond donors (Lipinski definition) is 1. The van der Waals surface area contributed by atoms with E-state index < -0.39 is 23.3 Å². The molecule has 0 aliphatic heterocycles. The van der Waals surface area contributed by atoms with Crippen molar-refractivity contribution in [2.24, 2.45) is 0 Å². The zero-order valence-electron chi connectivity index (χ0n) is 10.3. The van der Waals surface area contributed by atoms with Gasteiger partial charge in [0.2, 0.25) is 5.13 Å². The maximum atomic E-state index is 11.2. The number of benzene rings is 1. The highest BCUT2D eigenvalue weighted by atomic mass is 32.2. The van der Waals surface area contributed by atoms with E-state index in [1.165, 1.54) is 6.92 Å². The van der Waals surface area contributed by atoms with Crippen LogP contribution in [0.15, 0.2) is 30.3 Å². The van der Waals surface area contributed by atoms with Crippen molar-refractivity contribution in [3.05, 3.63) is 30.3 Å². The van der Waals surface area contributed by atoms with Crippen molar-refractivity contribution in [3.63, 3.8) is 0 Å². The van der Waals surface area contributed by atoms with Crippen molar-refractivity contribution in [2.75, 3.05) is 4.31 Å². The van der Waals surface area contributed by atoms with Crippen LogP contribution in [0.2, 0.25) is 0 Å². The number of aliphatic carboxylic acids is 1. The molecule has 0 fully saturated rings. The van der Waals surface area contributed by atoms with Crippen LogP contribution in [-0.2, 0) is 16.1 Å². The molecule has 0 amide bonds. The minimum Gasteiger partial charge on any atom is -0.755 e. The third-order valence-corrected chi connectivity index (χ3v) is 4.15. The summed E-state index contributed by atoms with van der Waals surface area (Å²) in [4.78, 5) is 15.0. The number of anilines is 1. The molecule has 0 aliphatic carbocycles. The first kappa shape index (κ1) is 14.6. The average molecular weight is 312 g/mol. The summed E-state index contributed by atoms with van der Waals surface area (Å²) in [6.07, 6.45) is 0. The number of carboxylic acid groups (broad SMARTS) is 1. The molecule has 7 nitrogen and oxygen atoms in total. The molecule has 106 valence electrons. The van der Waals surface area contributed by atoms with Gasteiger partial charge in [-0.3, -0.25) is 8.51 Å². The number of aromatic nitrogens is 2. The highest BCUT2D eigenvalue weighted by Gasteiger charge is 2.25. The van der Waals surface area contributed by atoms with Crippen molar-refractivity contribution >= 4 is 33.9 Å². The highest BCUT2D eigenvalue weighted by Crippen LogP contribution is 2.26. The number of carbonyl (C=O) groups is 1. The van der Waals surface area contributed by atoms with E-state index in [2.05, 4.69) is 9.36 Å². The molecule has 2 aromatic rings. The topological polar surface area (TPSA) is 106 Å². The molecule has 2 atom stereocenters. The Hall–Kier alpha value is -1.84. The molecule has 0 bridgehead atoms. The van der Waals surface area contributed by atoms with Gasteiger partial charge in [-0.2, -0.15) is 9.36 Å². The molecule has 1 heterocycles. The van der Waals surface area contributed by atoms with Gasteiger partial charge in [0.25, 0.3) is 0 Å². The van der Waals surface area contributed by atoms with E-state index in [1.807, 2.05) is 6.07 Å². The lowest BCUT2D eigenvalue weighted by molar-refractivity contribution is -0.137. The molecule has 0 saturated heterocycles. The van der Waals surface area contributed by atoms with Gasteiger partial charge in [0.1, 0.15) is 6.04 Å². The monoisotopic (exact) mass is 312 g/mol. The molecule has 0 aliphatic rings. The third kappa shape index (κ3) is 3.00. The van der Waals surface area contributed by atoms with E-state index >= 15 is 0 Å². The van der Waals surface area contributed by atoms with Crippen molar-refractivity contribution in [1.29, 1.82) is 0 Å². The van der Waals surface area contributed by atoms with Crippen molar-refractivity contribution in [3.8, 4) is 11.4 Å². The lowest BCUT2D eigenvalue weighted by Crippen LogP contribution is -2.40. The summed E-state index contributed by atoms with van der Waals surface area (Å²) in [6, 6.07) is 7.77. The Kier molecular flexibility index (Phi) is 4.42. The first-order valence-corrected chi connectivity index (χ1v) is 7.31. The van der Waals surface area contributed by atoms with Crippen molar-refractivity contribution in [1.82, 2.24) is 9.36 Å². The standard InChI is InChI=1S/C11H11N3O4S2/c1-7(10(15)16)14(20(17)18)11-12-9(13-19-11)8-5-3-2-4-6-8/h2-7H,1H3,(H,15,16)(H,17,18)/p-1. The fraction of sp³-hybridized carbons (Fsp3) is 0.182. The van der Waals surface area contributed by atoms with E-state index in [0.29, 0.717) is 10.1 Å². The molecule has 0 radical (unpaired) electrons. The van der Waals surface area contributed by atoms with Gasteiger partial charge in [-0.15, -0.1) is 0 Å². The fourth-order valence-electron chi connectivity index (χ4n) is 1.47. The second-order valence-corrected chi connectivity index (χ2v) is 5.38. The Morgan fingerprint density at radius 3 is 2.65 bits per heavy atom. The van der Waals surface area contributed by atoms with Gasteiger partial charge in [0, 0.05) is 17.1 Å². The Labute approximate surface area is 121 Å². The van der Waals surface area contributed by atoms with Crippen LogP contribution in [-0.4, -0.2) is 35.2 Å². The van der Waals surface area contributed by atoms with Crippen LogP contribution >= 0.6 is 11.5 Å². The summed E-state index contributed by atoms with van der Waals surface area (Å²) < 4.78 is 27.1. The van der Waals surface area contributed by atoms with Gasteiger partial charge in [-0.1, -0.05) is 30.3 Å². The lowest BCUT2D eigenvalue weighted by Gasteiger charge is -2.26. The first-order valence-electron chi connectivity index (χ1n) is 5.51. The molecule has 2 rings (SSSR count). The van der Waals surface area contributed by atoms with E-state index in [1.54, 1.807) is 24.3 Å². The van der Waals surface area contributed by atoms with Crippen LogP contribution in [0.4, 0.5) is 5.13 Å². The van der Waals surface area contributed by atoms with E-state index in [-0.39, 0.29) is 5.13 Å². The number of rotatable bonds is 5. The quantitative estimate of drug-likeness (QED) is 0.833. The second-order valence-electron chi connectivity index (χ2n) is 3.82. The molecule has 2 unspecified atom stereocenters. The number of hydrogen-bond acceptors (Lipinski definition) is 6. The van der Waals surface area contributed by atoms with Crippen LogP contribution in [0.5, 0.6) is 0 Å². The molecule has 1 aromatic heterocycles. The SMILES string of the molecule is CC(C(=O)O)N(c1nc(-c2ccccc2)ns1)S(=O)[O-]. The second kappa shape index (κ2) is 6.07. The largest absolute Gasteiger partial charge is 0.755 e. The normalized spacial score (nSPS) is 13.7. The summed E-state index contributed by atoms with van der Waals surface area (Å²) in [7, 11) is 0. The summed E-state index contributed by atoms with van der Waals surface area (Å²) in [6.45, 7) is 1.27. The maximum absolute atomic E-state index is 11.2. The van der Waals surface area contributed by atoms with Gasteiger partial charge in [0.05, 0.1) is 11.3 Å². The van der Waals surface area contributed by atoms with E-state index in [4.69, 9.17) is 5.11 Å². The lowest BCUT2D eigenvalue weighted by atomic mass is 10.2. The van der Waals surface area contributed by atoms with Crippen LogP contribution < -0.4 is 4.31 Å². The molecule has 1 aromatic carbocycles. The molecule has 0 saturated carbocycles. The minimum atomic E-state index is -2.74. The van der Waals surface area contributed by atoms with Gasteiger partial charge >= 0.3 is 5.97 Å². The van der Waals surface area contributed by atoms with Gasteiger partial charge in [-0.25, -0.2) is 4.79 Å². The Bertz CT molecular complexity index is 632. The number of carboxylic acids is 1. The third-order valence-electron chi connectivity index (χ3n) is 2.51. The van der Waals surface area contributed by atoms with Gasteiger partial charge in [-0.05, 0) is 6.92 Å². The molecule has 0 spiro atoms. The Balaban J connectivity index is 2.35. The maximum Gasteiger partial charge on any atom is 0.327 e. The zero-order chi connectivity index (χ0) is 14.7. The highest BCUT2D eigenvalue weighted by molar-refractivity contribution is 7.81. The molecule has 9 heteroatoms. The molecular formula is C11H10N3O4S2-. The Morgan fingerprint density at radius 1 is 1.45 bits per heavy atom. The smallest absolute Gasteiger partial charge is 0.327 e. The summed E-state index contributed by atoms with van der Waals surface area (Å²) in [5.41, 5.74) is 0.731. The van der Waals surface area contributed by atoms with E-state index in [9.17, 15) is 13.6 Å². The van der Waals surface area contributed by atoms with Crippen LogP contribution in [0.25, 0.3) is 11.4 Å².